The molecule has 1 saturated heterocycles. The van der Waals surface area contributed by atoms with Crippen LogP contribution in [0.2, 0.25) is 0 Å². The fourth-order valence-electron chi connectivity index (χ4n) is 2.67. The highest BCUT2D eigenvalue weighted by molar-refractivity contribution is 7.91. The van der Waals surface area contributed by atoms with Crippen molar-refractivity contribution in [3.05, 3.63) is 48.0 Å². The molecule has 0 saturated carbocycles. The topological polar surface area (TPSA) is 105 Å². The van der Waals surface area contributed by atoms with Gasteiger partial charge in [-0.05, 0) is 24.1 Å². The summed E-state index contributed by atoms with van der Waals surface area (Å²) in [4.78, 5) is 26.4. The lowest BCUT2D eigenvalue weighted by Gasteiger charge is -2.23. The van der Waals surface area contributed by atoms with Crippen LogP contribution in [0.4, 0.5) is 5.95 Å². The van der Waals surface area contributed by atoms with Gasteiger partial charge in [-0.15, -0.1) is 0 Å². The minimum absolute atomic E-state index is 0.00639. The number of aromatic nitrogens is 3. The Morgan fingerprint density at radius 2 is 2.20 bits per heavy atom. The maximum atomic E-state index is 12.6. The van der Waals surface area contributed by atoms with E-state index in [0.29, 0.717) is 18.9 Å². The van der Waals surface area contributed by atoms with Crippen LogP contribution in [0.1, 0.15) is 22.5 Å². The first-order chi connectivity index (χ1) is 11.9. The Morgan fingerprint density at radius 1 is 1.36 bits per heavy atom. The molecule has 1 unspecified atom stereocenters. The lowest BCUT2D eigenvalue weighted by Crippen LogP contribution is -2.38. The van der Waals surface area contributed by atoms with Gasteiger partial charge < -0.3 is 10.2 Å². The highest BCUT2D eigenvalue weighted by Gasteiger charge is 2.33. The first-order valence-electron chi connectivity index (χ1n) is 7.88. The Bertz CT molecular complexity index is 857. The molecule has 3 heterocycles. The molecule has 2 aromatic heterocycles. The monoisotopic (exact) mass is 361 g/mol. The molecule has 1 aliphatic heterocycles. The maximum Gasteiger partial charge on any atom is 0.272 e. The molecule has 1 N–H and O–H groups in total. The number of hydrogen-bond donors (Lipinski definition) is 1. The van der Waals surface area contributed by atoms with Crippen molar-refractivity contribution in [2.24, 2.45) is 0 Å². The molecule has 25 heavy (non-hydrogen) atoms. The summed E-state index contributed by atoms with van der Waals surface area (Å²) in [6.45, 7) is 0.488. The van der Waals surface area contributed by atoms with E-state index in [1.54, 1.807) is 19.4 Å². The van der Waals surface area contributed by atoms with E-state index in [1.165, 1.54) is 17.2 Å². The van der Waals surface area contributed by atoms with Gasteiger partial charge in [-0.1, -0.05) is 6.07 Å². The zero-order chi connectivity index (χ0) is 17.9. The van der Waals surface area contributed by atoms with E-state index in [-0.39, 0.29) is 29.1 Å². The molecule has 1 fully saturated rings. The Kier molecular flexibility index (Phi) is 4.93. The highest BCUT2D eigenvalue weighted by Crippen LogP contribution is 2.18. The molecule has 3 rings (SSSR count). The molecular formula is C16H19N5O3S. The first-order valence-corrected chi connectivity index (χ1v) is 9.70. The Morgan fingerprint density at radius 3 is 2.88 bits per heavy atom. The standard InChI is InChI=1S/C16H19N5O3S/c1-21(13-5-8-25(23,24)11-13)15(22)14-4-7-18-16(20-14)19-10-12-3-2-6-17-9-12/h2-4,6-7,9,13H,5,8,10-11H2,1H3,(H,18,19,20). The van der Waals surface area contributed by atoms with Crippen LogP contribution in [0.25, 0.3) is 0 Å². The van der Waals surface area contributed by atoms with Gasteiger partial charge in [0.25, 0.3) is 5.91 Å². The van der Waals surface area contributed by atoms with Crippen molar-refractivity contribution >= 4 is 21.7 Å². The van der Waals surface area contributed by atoms with Gasteiger partial charge in [0.2, 0.25) is 5.95 Å². The molecule has 1 atom stereocenters. The average molecular weight is 361 g/mol. The Hall–Kier alpha value is -2.55. The third kappa shape index (κ3) is 4.30. The molecule has 0 spiro atoms. The molecule has 8 nitrogen and oxygen atoms in total. The van der Waals surface area contributed by atoms with E-state index in [2.05, 4.69) is 20.3 Å². The fraction of sp³-hybridized carbons (Fsp3) is 0.375. The van der Waals surface area contributed by atoms with Crippen LogP contribution in [0.5, 0.6) is 0 Å². The largest absolute Gasteiger partial charge is 0.350 e. The van der Waals surface area contributed by atoms with Crippen LogP contribution in [0.3, 0.4) is 0 Å². The molecule has 2 aromatic rings. The summed E-state index contributed by atoms with van der Waals surface area (Å²) in [6, 6.07) is 4.97. The summed E-state index contributed by atoms with van der Waals surface area (Å²) in [6.07, 6.45) is 5.39. The van der Waals surface area contributed by atoms with Gasteiger partial charge >= 0.3 is 0 Å². The Labute approximate surface area is 146 Å². The fourth-order valence-corrected chi connectivity index (χ4v) is 4.45. The molecule has 1 aliphatic rings. The number of anilines is 1. The molecule has 9 heteroatoms. The molecular weight excluding hydrogens is 342 g/mol. The van der Waals surface area contributed by atoms with Gasteiger partial charge in [0.05, 0.1) is 11.5 Å². The number of amides is 1. The van der Waals surface area contributed by atoms with E-state index in [0.717, 1.165) is 5.56 Å². The summed E-state index contributed by atoms with van der Waals surface area (Å²) in [5, 5.41) is 3.05. The van der Waals surface area contributed by atoms with Gasteiger partial charge in [0, 0.05) is 38.2 Å². The summed E-state index contributed by atoms with van der Waals surface area (Å²) < 4.78 is 23.2. The summed E-state index contributed by atoms with van der Waals surface area (Å²) >= 11 is 0. The minimum atomic E-state index is -3.05. The number of pyridine rings is 1. The first kappa shape index (κ1) is 17.3. The summed E-state index contributed by atoms with van der Waals surface area (Å²) in [5.74, 6) is 0.153. The van der Waals surface area contributed by atoms with Crippen molar-refractivity contribution in [3.8, 4) is 0 Å². The third-order valence-corrected chi connectivity index (χ3v) is 5.87. The van der Waals surface area contributed by atoms with E-state index in [4.69, 9.17) is 0 Å². The maximum absolute atomic E-state index is 12.6. The third-order valence-electron chi connectivity index (χ3n) is 4.12. The SMILES string of the molecule is CN(C(=O)c1ccnc(NCc2cccnc2)n1)C1CCS(=O)(=O)C1. The van der Waals surface area contributed by atoms with Crippen molar-refractivity contribution in [1.29, 1.82) is 0 Å². The molecule has 0 radical (unpaired) electrons. The second-order valence-corrected chi connectivity index (χ2v) is 8.18. The van der Waals surface area contributed by atoms with Crippen LogP contribution in [0.15, 0.2) is 36.8 Å². The number of nitrogens with one attached hydrogen (secondary N) is 1. The molecule has 132 valence electrons. The van der Waals surface area contributed by atoms with Crippen molar-refractivity contribution in [3.63, 3.8) is 0 Å². The average Bonchev–Trinajstić information content (AvgIpc) is 3.00. The predicted molar refractivity (Wildman–Crippen MR) is 92.7 cm³/mol. The number of carbonyl (C=O) groups excluding carboxylic acids is 1. The smallest absolute Gasteiger partial charge is 0.272 e. The number of nitrogens with zero attached hydrogens (tertiary/aromatic N) is 4. The van der Waals surface area contributed by atoms with E-state index < -0.39 is 9.84 Å². The zero-order valence-corrected chi connectivity index (χ0v) is 14.6. The normalized spacial score (nSPS) is 18.7. The molecule has 0 aromatic carbocycles. The van der Waals surface area contributed by atoms with Crippen molar-refractivity contribution in [2.75, 3.05) is 23.9 Å². The van der Waals surface area contributed by atoms with Gasteiger partial charge in [-0.2, -0.15) is 0 Å². The van der Waals surface area contributed by atoms with Crippen LogP contribution < -0.4 is 5.32 Å². The minimum Gasteiger partial charge on any atom is -0.350 e. The number of hydrogen-bond acceptors (Lipinski definition) is 7. The number of carbonyl (C=O) groups is 1. The van der Waals surface area contributed by atoms with E-state index in [9.17, 15) is 13.2 Å². The quantitative estimate of drug-likeness (QED) is 0.837. The van der Waals surface area contributed by atoms with E-state index in [1.807, 2.05) is 12.1 Å². The van der Waals surface area contributed by atoms with Gasteiger partial charge in [-0.3, -0.25) is 9.78 Å². The van der Waals surface area contributed by atoms with Gasteiger partial charge in [0.15, 0.2) is 9.84 Å². The van der Waals surface area contributed by atoms with Gasteiger partial charge in [-0.25, -0.2) is 18.4 Å². The second-order valence-electron chi connectivity index (χ2n) is 5.95. The second kappa shape index (κ2) is 7.14. The van der Waals surface area contributed by atoms with Crippen molar-refractivity contribution in [1.82, 2.24) is 19.9 Å². The van der Waals surface area contributed by atoms with Crippen molar-refractivity contribution < 1.29 is 13.2 Å². The van der Waals surface area contributed by atoms with E-state index >= 15 is 0 Å². The highest BCUT2D eigenvalue weighted by atomic mass is 32.2. The number of sulfone groups is 1. The molecule has 0 aliphatic carbocycles. The van der Waals surface area contributed by atoms with Crippen molar-refractivity contribution in [2.45, 2.75) is 19.0 Å². The number of rotatable bonds is 5. The summed E-state index contributed by atoms with van der Waals surface area (Å²) in [5.41, 5.74) is 1.20. The van der Waals surface area contributed by atoms with Crippen LogP contribution in [-0.2, 0) is 16.4 Å². The predicted octanol–water partition coefficient (Wildman–Crippen LogP) is 0.743. The van der Waals surface area contributed by atoms with Crippen LogP contribution >= 0.6 is 0 Å². The zero-order valence-electron chi connectivity index (χ0n) is 13.8. The lowest BCUT2D eigenvalue weighted by atomic mass is 10.2. The van der Waals surface area contributed by atoms with Crippen LogP contribution in [-0.4, -0.2) is 58.8 Å². The Balaban J connectivity index is 1.67. The van der Waals surface area contributed by atoms with Crippen LogP contribution in [0, 0.1) is 0 Å². The lowest BCUT2D eigenvalue weighted by molar-refractivity contribution is 0.0741. The molecule has 1 amide bonds. The van der Waals surface area contributed by atoms with Gasteiger partial charge in [0.1, 0.15) is 5.69 Å². The summed E-state index contributed by atoms with van der Waals surface area (Å²) in [7, 11) is -1.44. The molecule has 0 bridgehead atoms.